The lowest BCUT2D eigenvalue weighted by molar-refractivity contribution is 0.156. The largest absolute Gasteiger partial charge is 0.438 e. The minimum atomic E-state index is 0.0624. The van der Waals surface area contributed by atoms with E-state index in [2.05, 4.69) is 31.1 Å². The van der Waals surface area contributed by atoms with E-state index < -0.39 is 0 Å². The van der Waals surface area contributed by atoms with Gasteiger partial charge in [0.15, 0.2) is 0 Å². The number of unbranched alkanes of at least 4 members (excludes halogenated alkanes) is 1. The van der Waals surface area contributed by atoms with E-state index in [1.807, 2.05) is 48.5 Å². The summed E-state index contributed by atoms with van der Waals surface area (Å²) in [7, 11) is 0. The van der Waals surface area contributed by atoms with Crippen LogP contribution in [0.25, 0.3) is 0 Å². The molecule has 102 valence electrons. The fraction of sp³-hybridized carbons (Fsp3) is 0.263. The second-order valence-corrected chi connectivity index (χ2v) is 4.75. The fourth-order valence-electron chi connectivity index (χ4n) is 2.03. The normalized spacial score (nSPS) is 11.2. The zero-order valence-corrected chi connectivity index (χ0v) is 11.9. The molecule has 1 nitrogen and oxygen atoms in total. The standard InChI is InChI=1S/C19H20O/c1-2-3-14-19(18-12-8-5-9-13-18)20-16-15-17-10-6-4-7-11-17/h4-13,19H,2-3,14H2,1H3. The Labute approximate surface area is 121 Å². The Kier molecular flexibility index (Phi) is 5.73. The molecule has 0 aromatic heterocycles. The third-order valence-electron chi connectivity index (χ3n) is 3.16. The van der Waals surface area contributed by atoms with Crippen molar-refractivity contribution in [2.75, 3.05) is 0 Å². The summed E-state index contributed by atoms with van der Waals surface area (Å²) in [5, 5.41) is 0. The molecule has 0 N–H and O–H groups in total. The Morgan fingerprint density at radius 2 is 1.60 bits per heavy atom. The van der Waals surface area contributed by atoms with Crippen molar-refractivity contribution in [3.8, 4) is 12.0 Å². The highest BCUT2D eigenvalue weighted by molar-refractivity contribution is 5.32. The second-order valence-electron chi connectivity index (χ2n) is 4.75. The first-order valence-electron chi connectivity index (χ1n) is 7.17. The summed E-state index contributed by atoms with van der Waals surface area (Å²) in [6.07, 6.45) is 6.24. The average Bonchev–Trinajstić information content (AvgIpc) is 2.52. The van der Waals surface area contributed by atoms with Crippen molar-refractivity contribution in [1.29, 1.82) is 0 Å². The highest BCUT2D eigenvalue weighted by Gasteiger charge is 2.10. The number of ether oxygens (including phenoxy) is 1. The van der Waals surface area contributed by atoms with Crippen LogP contribution in [0.1, 0.15) is 43.4 Å². The SMILES string of the molecule is CCCCC(OC#Cc1ccccc1)c1ccccc1. The Hall–Kier alpha value is -2.20. The minimum Gasteiger partial charge on any atom is -0.438 e. The van der Waals surface area contributed by atoms with Crippen LogP contribution in [0.5, 0.6) is 0 Å². The maximum atomic E-state index is 5.77. The third-order valence-corrected chi connectivity index (χ3v) is 3.16. The number of benzene rings is 2. The summed E-state index contributed by atoms with van der Waals surface area (Å²) >= 11 is 0. The van der Waals surface area contributed by atoms with Crippen molar-refractivity contribution in [2.45, 2.75) is 32.3 Å². The third kappa shape index (κ3) is 4.48. The zero-order valence-electron chi connectivity index (χ0n) is 11.9. The fourth-order valence-corrected chi connectivity index (χ4v) is 2.03. The topological polar surface area (TPSA) is 9.23 Å². The number of rotatable bonds is 5. The minimum absolute atomic E-state index is 0.0624. The molecule has 0 bridgehead atoms. The molecule has 2 aromatic carbocycles. The van der Waals surface area contributed by atoms with Crippen LogP contribution in [-0.4, -0.2) is 0 Å². The van der Waals surface area contributed by atoms with Gasteiger partial charge in [-0.15, -0.1) is 0 Å². The van der Waals surface area contributed by atoms with Crippen LogP contribution in [0, 0.1) is 12.0 Å². The lowest BCUT2D eigenvalue weighted by Crippen LogP contribution is -2.00. The summed E-state index contributed by atoms with van der Waals surface area (Å²) in [5.41, 5.74) is 2.18. The molecule has 1 atom stereocenters. The molecule has 2 aromatic rings. The Morgan fingerprint density at radius 1 is 0.950 bits per heavy atom. The molecule has 20 heavy (non-hydrogen) atoms. The molecule has 2 rings (SSSR count). The van der Waals surface area contributed by atoms with Gasteiger partial charge in [0.25, 0.3) is 0 Å². The van der Waals surface area contributed by atoms with Gasteiger partial charge in [0, 0.05) is 5.56 Å². The second kappa shape index (κ2) is 8.07. The molecule has 0 fully saturated rings. The summed E-state index contributed by atoms with van der Waals surface area (Å²) in [6, 6.07) is 20.2. The smallest absolute Gasteiger partial charge is 0.136 e. The van der Waals surface area contributed by atoms with Crippen molar-refractivity contribution in [1.82, 2.24) is 0 Å². The number of hydrogen-bond donors (Lipinski definition) is 0. The van der Waals surface area contributed by atoms with Crippen LogP contribution in [-0.2, 0) is 4.74 Å². The van der Waals surface area contributed by atoms with Gasteiger partial charge in [-0.1, -0.05) is 61.9 Å². The zero-order chi connectivity index (χ0) is 14.0. The molecule has 0 saturated heterocycles. The van der Waals surface area contributed by atoms with Gasteiger partial charge in [0.1, 0.15) is 12.2 Å². The predicted molar refractivity (Wildman–Crippen MR) is 83.1 cm³/mol. The molecule has 0 aliphatic heterocycles. The summed E-state index contributed by atoms with van der Waals surface area (Å²) in [6.45, 7) is 2.19. The Morgan fingerprint density at radius 3 is 2.25 bits per heavy atom. The maximum Gasteiger partial charge on any atom is 0.136 e. The van der Waals surface area contributed by atoms with Crippen molar-refractivity contribution in [2.24, 2.45) is 0 Å². The van der Waals surface area contributed by atoms with Crippen LogP contribution >= 0.6 is 0 Å². The molecule has 1 unspecified atom stereocenters. The van der Waals surface area contributed by atoms with Gasteiger partial charge in [-0.3, -0.25) is 0 Å². The average molecular weight is 264 g/mol. The van der Waals surface area contributed by atoms with Gasteiger partial charge in [0.05, 0.1) is 0 Å². The van der Waals surface area contributed by atoms with Gasteiger partial charge in [-0.25, -0.2) is 0 Å². The first-order valence-corrected chi connectivity index (χ1v) is 7.17. The van der Waals surface area contributed by atoms with Crippen LogP contribution in [0.2, 0.25) is 0 Å². The van der Waals surface area contributed by atoms with Gasteiger partial charge in [-0.2, -0.15) is 0 Å². The lowest BCUT2D eigenvalue weighted by Gasteiger charge is -2.14. The van der Waals surface area contributed by atoms with Crippen molar-refractivity contribution >= 4 is 0 Å². The molecule has 0 heterocycles. The Bertz CT molecular complexity index is 549. The quantitative estimate of drug-likeness (QED) is 0.695. The molecule has 1 heteroatoms. The molecule has 0 radical (unpaired) electrons. The summed E-state index contributed by atoms with van der Waals surface area (Å²) in [4.78, 5) is 0. The van der Waals surface area contributed by atoms with E-state index in [1.54, 1.807) is 0 Å². The van der Waals surface area contributed by atoms with Gasteiger partial charge in [-0.05, 0) is 36.5 Å². The highest BCUT2D eigenvalue weighted by Crippen LogP contribution is 2.22. The monoisotopic (exact) mass is 264 g/mol. The van der Waals surface area contributed by atoms with Gasteiger partial charge >= 0.3 is 0 Å². The van der Waals surface area contributed by atoms with Crippen molar-refractivity contribution < 1.29 is 4.74 Å². The Balaban J connectivity index is 2.03. The molecule has 0 amide bonds. The predicted octanol–water partition coefficient (Wildman–Crippen LogP) is 4.94. The number of hydrogen-bond acceptors (Lipinski definition) is 1. The lowest BCUT2D eigenvalue weighted by atomic mass is 10.0. The van der Waals surface area contributed by atoms with Crippen molar-refractivity contribution in [3.63, 3.8) is 0 Å². The summed E-state index contributed by atoms with van der Waals surface area (Å²) < 4.78 is 5.77. The van der Waals surface area contributed by atoms with Crippen LogP contribution < -0.4 is 0 Å². The van der Waals surface area contributed by atoms with Crippen LogP contribution in [0.3, 0.4) is 0 Å². The van der Waals surface area contributed by atoms with E-state index in [0.717, 1.165) is 18.4 Å². The van der Waals surface area contributed by atoms with Crippen molar-refractivity contribution in [3.05, 3.63) is 71.8 Å². The van der Waals surface area contributed by atoms with Crippen LogP contribution in [0.4, 0.5) is 0 Å². The first kappa shape index (κ1) is 14.2. The molecule has 0 aliphatic carbocycles. The molecule has 0 aliphatic rings. The maximum absolute atomic E-state index is 5.77. The van der Waals surface area contributed by atoms with E-state index in [1.165, 1.54) is 12.0 Å². The molecular formula is C19H20O. The van der Waals surface area contributed by atoms with E-state index in [4.69, 9.17) is 4.74 Å². The highest BCUT2D eigenvalue weighted by atomic mass is 16.5. The van der Waals surface area contributed by atoms with E-state index in [9.17, 15) is 0 Å². The van der Waals surface area contributed by atoms with E-state index in [0.29, 0.717) is 0 Å². The van der Waals surface area contributed by atoms with Gasteiger partial charge in [0.2, 0.25) is 0 Å². The van der Waals surface area contributed by atoms with Gasteiger partial charge < -0.3 is 4.74 Å². The summed E-state index contributed by atoms with van der Waals surface area (Å²) in [5.74, 6) is 3.05. The molecule has 0 spiro atoms. The molecule has 0 saturated carbocycles. The first-order chi connectivity index (χ1) is 9.90. The van der Waals surface area contributed by atoms with E-state index in [-0.39, 0.29) is 6.10 Å². The van der Waals surface area contributed by atoms with Crippen LogP contribution in [0.15, 0.2) is 60.7 Å². The van der Waals surface area contributed by atoms with E-state index >= 15 is 0 Å². The molecular weight excluding hydrogens is 244 g/mol.